The molecule has 0 saturated carbocycles. The molecular weight excluding hydrogens is 402 g/mol. The second-order valence-electron chi connectivity index (χ2n) is 8.70. The molecule has 162 valence electrons. The maximum Gasteiger partial charge on any atom is 0.226 e. The number of anilines is 1. The lowest BCUT2D eigenvalue weighted by atomic mass is 9.88. The zero-order valence-corrected chi connectivity index (χ0v) is 19.4. The Balaban J connectivity index is 1.37. The Labute approximate surface area is 189 Å². The lowest BCUT2D eigenvalue weighted by Gasteiger charge is -2.35. The van der Waals surface area contributed by atoms with Gasteiger partial charge in [0.05, 0.1) is 11.7 Å². The first-order valence-corrected chi connectivity index (χ1v) is 12.0. The van der Waals surface area contributed by atoms with Crippen LogP contribution < -0.4 is 5.32 Å². The molecule has 3 aromatic rings. The molecule has 1 fully saturated rings. The predicted molar refractivity (Wildman–Crippen MR) is 129 cm³/mol. The van der Waals surface area contributed by atoms with Gasteiger partial charge in [-0.05, 0) is 56.5 Å². The number of rotatable bonds is 6. The fourth-order valence-corrected chi connectivity index (χ4v) is 5.07. The van der Waals surface area contributed by atoms with E-state index in [2.05, 4.69) is 65.0 Å². The summed E-state index contributed by atoms with van der Waals surface area (Å²) in [5.41, 5.74) is 4.59. The van der Waals surface area contributed by atoms with E-state index >= 15 is 0 Å². The molecule has 1 unspecified atom stereocenters. The lowest BCUT2D eigenvalue weighted by Crippen LogP contribution is -2.35. The monoisotopic (exact) mass is 433 g/mol. The standard InChI is InChI=1S/C26H31N3OS/c1-18(2)25(30)27-23-11-7-10-22(16-23)20-12-14-29(15-13-20)19(3)24-17-31-26(28-24)21-8-5-4-6-9-21/h4-11,16-20H,12-15H2,1-3H3,(H,27,30). The number of nitrogens with zero attached hydrogens (tertiary/aromatic N) is 2. The molecule has 2 aromatic carbocycles. The average Bonchev–Trinajstić information content (AvgIpc) is 3.30. The fourth-order valence-electron chi connectivity index (χ4n) is 4.16. The van der Waals surface area contributed by atoms with Gasteiger partial charge in [-0.1, -0.05) is 56.3 Å². The van der Waals surface area contributed by atoms with Crippen LogP contribution in [-0.4, -0.2) is 28.9 Å². The Morgan fingerprint density at radius 1 is 1.06 bits per heavy atom. The summed E-state index contributed by atoms with van der Waals surface area (Å²) in [7, 11) is 0. The van der Waals surface area contributed by atoms with Crippen molar-refractivity contribution in [1.82, 2.24) is 9.88 Å². The zero-order valence-electron chi connectivity index (χ0n) is 18.5. The van der Waals surface area contributed by atoms with E-state index in [-0.39, 0.29) is 11.8 Å². The van der Waals surface area contributed by atoms with Gasteiger partial charge in [-0.15, -0.1) is 11.3 Å². The first kappa shape index (κ1) is 21.7. The number of aromatic nitrogens is 1. The molecule has 0 spiro atoms. The number of amides is 1. The van der Waals surface area contributed by atoms with Crippen LogP contribution in [0.25, 0.3) is 10.6 Å². The third-order valence-electron chi connectivity index (χ3n) is 6.20. The largest absolute Gasteiger partial charge is 0.326 e. The average molecular weight is 434 g/mol. The number of carbonyl (C=O) groups is 1. The highest BCUT2D eigenvalue weighted by atomic mass is 32.1. The Hall–Kier alpha value is -2.50. The second-order valence-corrected chi connectivity index (χ2v) is 9.56. The molecular formula is C26H31N3OS. The molecule has 31 heavy (non-hydrogen) atoms. The van der Waals surface area contributed by atoms with Crippen LogP contribution in [0.2, 0.25) is 0 Å². The SMILES string of the molecule is CC(C)C(=O)Nc1cccc(C2CCN(C(C)c3csc(-c4ccccc4)n3)CC2)c1. The van der Waals surface area contributed by atoms with Gasteiger partial charge < -0.3 is 5.32 Å². The molecule has 5 heteroatoms. The molecule has 1 N–H and O–H groups in total. The first-order chi connectivity index (χ1) is 15.0. The third-order valence-corrected chi connectivity index (χ3v) is 7.11. The normalized spacial score (nSPS) is 16.4. The maximum absolute atomic E-state index is 12.0. The molecule has 2 heterocycles. The second kappa shape index (κ2) is 9.75. The summed E-state index contributed by atoms with van der Waals surface area (Å²) in [5.74, 6) is 0.593. The Morgan fingerprint density at radius 2 is 1.81 bits per heavy atom. The smallest absolute Gasteiger partial charge is 0.226 e. The van der Waals surface area contributed by atoms with Crippen molar-refractivity contribution in [2.75, 3.05) is 18.4 Å². The number of likely N-dealkylation sites (tertiary alicyclic amines) is 1. The summed E-state index contributed by atoms with van der Waals surface area (Å²) in [6, 6.07) is 19.1. The predicted octanol–water partition coefficient (Wildman–Crippen LogP) is 6.35. The van der Waals surface area contributed by atoms with Gasteiger partial charge in [-0.3, -0.25) is 9.69 Å². The van der Waals surface area contributed by atoms with Gasteiger partial charge in [-0.2, -0.15) is 0 Å². The van der Waals surface area contributed by atoms with Crippen molar-refractivity contribution in [3.63, 3.8) is 0 Å². The number of benzene rings is 2. The van der Waals surface area contributed by atoms with E-state index in [0.29, 0.717) is 12.0 Å². The van der Waals surface area contributed by atoms with E-state index in [1.165, 1.54) is 16.8 Å². The summed E-state index contributed by atoms with van der Waals surface area (Å²) in [6.45, 7) is 8.23. The van der Waals surface area contributed by atoms with Gasteiger partial charge in [0.1, 0.15) is 5.01 Å². The van der Waals surface area contributed by atoms with E-state index in [0.717, 1.165) is 36.6 Å². The van der Waals surface area contributed by atoms with Gasteiger partial charge in [0.2, 0.25) is 5.91 Å². The number of carbonyl (C=O) groups excluding carboxylic acids is 1. The zero-order chi connectivity index (χ0) is 21.8. The number of nitrogens with one attached hydrogen (secondary N) is 1. The molecule has 1 aliphatic heterocycles. The minimum atomic E-state index is -0.0125. The van der Waals surface area contributed by atoms with Crippen molar-refractivity contribution in [1.29, 1.82) is 0 Å². The molecule has 1 saturated heterocycles. The molecule has 1 atom stereocenters. The molecule has 1 aliphatic rings. The molecule has 0 bridgehead atoms. The summed E-state index contributed by atoms with van der Waals surface area (Å²) < 4.78 is 0. The minimum absolute atomic E-state index is 0.0125. The topological polar surface area (TPSA) is 45.2 Å². The van der Waals surface area contributed by atoms with Crippen molar-refractivity contribution < 1.29 is 4.79 Å². The van der Waals surface area contributed by atoms with Crippen molar-refractivity contribution in [2.45, 2.75) is 45.6 Å². The van der Waals surface area contributed by atoms with Crippen LogP contribution >= 0.6 is 11.3 Å². The first-order valence-electron chi connectivity index (χ1n) is 11.2. The van der Waals surface area contributed by atoms with Gasteiger partial charge in [0.25, 0.3) is 0 Å². The van der Waals surface area contributed by atoms with Crippen molar-refractivity contribution in [3.05, 3.63) is 71.2 Å². The minimum Gasteiger partial charge on any atom is -0.326 e. The van der Waals surface area contributed by atoms with E-state index in [9.17, 15) is 4.79 Å². The van der Waals surface area contributed by atoms with E-state index < -0.39 is 0 Å². The summed E-state index contributed by atoms with van der Waals surface area (Å²) in [5, 5.41) is 6.33. The summed E-state index contributed by atoms with van der Waals surface area (Å²) >= 11 is 1.73. The quantitative estimate of drug-likeness (QED) is 0.493. The maximum atomic E-state index is 12.0. The summed E-state index contributed by atoms with van der Waals surface area (Å²) in [4.78, 5) is 19.5. The molecule has 1 amide bonds. The van der Waals surface area contributed by atoms with E-state index in [1.807, 2.05) is 26.0 Å². The lowest BCUT2D eigenvalue weighted by molar-refractivity contribution is -0.118. The van der Waals surface area contributed by atoms with Crippen molar-refractivity contribution in [2.24, 2.45) is 5.92 Å². The van der Waals surface area contributed by atoms with Crippen LogP contribution in [-0.2, 0) is 4.79 Å². The van der Waals surface area contributed by atoms with Gasteiger partial charge >= 0.3 is 0 Å². The van der Waals surface area contributed by atoms with E-state index in [4.69, 9.17) is 4.98 Å². The molecule has 4 rings (SSSR count). The van der Waals surface area contributed by atoms with Crippen LogP contribution in [0.1, 0.15) is 56.8 Å². The Morgan fingerprint density at radius 3 is 2.52 bits per heavy atom. The number of hydrogen-bond acceptors (Lipinski definition) is 4. The summed E-state index contributed by atoms with van der Waals surface area (Å²) in [6.07, 6.45) is 2.25. The van der Waals surface area contributed by atoms with Crippen LogP contribution in [0.3, 0.4) is 0 Å². The Bertz CT molecular complexity index is 1010. The van der Waals surface area contributed by atoms with Crippen LogP contribution in [0.15, 0.2) is 60.0 Å². The number of thiazole rings is 1. The molecule has 4 nitrogen and oxygen atoms in total. The van der Waals surface area contributed by atoms with Gasteiger partial charge in [0, 0.05) is 22.5 Å². The fraction of sp³-hybridized carbons (Fsp3) is 0.385. The molecule has 1 aromatic heterocycles. The van der Waals surface area contributed by atoms with Crippen LogP contribution in [0.5, 0.6) is 0 Å². The van der Waals surface area contributed by atoms with Crippen molar-refractivity contribution >= 4 is 22.9 Å². The van der Waals surface area contributed by atoms with Crippen LogP contribution in [0, 0.1) is 5.92 Å². The highest BCUT2D eigenvalue weighted by Crippen LogP contribution is 2.34. The molecule has 0 radical (unpaired) electrons. The Kier molecular flexibility index (Phi) is 6.83. The molecule has 0 aliphatic carbocycles. The highest BCUT2D eigenvalue weighted by Gasteiger charge is 2.26. The highest BCUT2D eigenvalue weighted by molar-refractivity contribution is 7.13. The third kappa shape index (κ3) is 5.23. The number of hydrogen-bond donors (Lipinski definition) is 1. The van der Waals surface area contributed by atoms with Crippen LogP contribution in [0.4, 0.5) is 5.69 Å². The van der Waals surface area contributed by atoms with Crippen molar-refractivity contribution in [3.8, 4) is 10.6 Å². The van der Waals surface area contributed by atoms with Gasteiger partial charge in [-0.25, -0.2) is 4.98 Å². The van der Waals surface area contributed by atoms with Gasteiger partial charge in [0.15, 0.2) is 0 Å². The number of piperidine rings is 1. The van der Waals surface area contributed by atoms with E-state index in [1.54, 1.807) is 11.3 Å².